The number of nitro groups is 1. The summed E-state index contributed by atoms with van der Waals surface area (Å²) in [6, 6.07) is 4.69. The lowest BCUT2D eigenvalue weighted by molar-refractivity contribution is -0.384. The molecule has 2 heterocycles. The summed E-state index contributed by atoms with van der Waals surface area (Å²) in [7, 11) is 0. The number of hydrogen-bond acceptors (Lipinski definition) is 4. The van der Waals surface area contributed by atoms with Crippen LogP contribution in [-0.2, 0) is 11.2 Å². The number of carbonyl (C=O) groups excluding carboxylic acids is 1. The number of rotatable bonds is 2. The zero-order chi connectivity index (χ0) is 15.5. The molecule has 7 heteroatoms. The Balaban J connectivity index is 1.78. The van der Waals surface area contributed by atoms with Gasteiger partial charge < -0.3 is 10.1 Å². The van der Waals surface area contributed by atoms with Gasteiger partial charge in [0, 0.05) is 37.9 Å². The summed E-state index contributed by atoms with van der Waals surface area (Å²) in [6.07, 6.45) is 3.32. The molecule has 3 rings (SSSR count). The van der Waals surface area contributed by atoms with E-state index in [-0.39, 0.29) is 17.8 Å². The summed E-state index contributed by atoms with van der Waals surface area (Å²) in [5, 5.41) is 14.0. The molecule has 0 radical (unpaired) electrons. The normalized spacial score (nSPS) is 18.6. The molecule has 2 amide bonds. The van der Waals surface area contributed by atoms with Gasteiger partial charge in [-0.3, -0.25) is 15.0 Å². The first kappa shape index (κ1) is 14.8. The van der Waals surface area contributed by atoms with E-state index < -0.39 is 4.92 Å². The molecule has 0 aliphatic carbocycles. The zero-order valence-electron chi connectivity index (χ0n) is 12.3. The highest BCUT2D eigenvalue weighted by atomic mass is 16.6. The topological polar surface area (TPSA) is 84.7 Å². The van der Waals surface area contributed by atoms with Crippen LogP contribution in [0.25, 0.3) is 0 Å². The van der Waals surface area contributed by atoms with Crippen molar-refractivity contribution in [1.29, 1.82) is 0 Å². The Morgan fingerprint density at radius 1 is 1.36 bits per heavy atom. The number of urea groups is 1. The summed E-state index contributed by atoms with van der Waals surface area (Å²) in [5.74, 6) is 0. The summed E-state index contributed by atoms with van der Waals surface area (Å²) in [6.45, 7) is 1.91. The lowest BCUT2D eigenvalue weighted by atomic mass is 10.0. The molecule has 0 spiro atoms. The first-order valence-corrected chi connectivity index (χ1v) is 7.58. The minimum atomic E-state index is -0.427. The number of non-ortho nitro benzene ring substituents is 1. The van der Waals surface area contributed by atoms with E-state index >= 15 is 0 Å². The van der Waals surface area contributed by atoms with Gasteiger partial charge in [-0.2, -0.15) is 0 Å². The van der Waals surface area contributed by atoms with E-state index in [2.05, 4.69) is 5.32 Å². The van der Waals surface area contributed by atoms with E-state index in [1.165, 1.54) is 12.1 Å². The van der Waals surface area contributed by atoms with E-state index in [4.69, 9.17) is 4.74 Å². The first-order chi connectivity index (χ1) is 10.6. The zero-order valence-corrected chi connectivity index (χ0v) is 12.3. The smallest absolute Gasteiger partial charge is 0.322 e. The molecule has 1 saturated heterocycles. The van der Waals surface area contributed by atoms with Crippen molar-refractivity contribution in [3.63, 3.8) is 0 Å². The van der Waals surface area contributed by atoms with Gasteiger partial charge in [0.05, 0.1) is 10.6 Å². The average Bonchev–Trinajstić information content (AvgIpc) is 2.54. The SMILES string of the molecule is O=C(NC1CCOCC1)N1CCCc2ccc([N+](=O)[O-])cc21. The maximum absolute atomic E-state index is 12.5. The van der Waals surface area contributed by atoms with Crippen LogP contribution in [0, 0.1) is 10.1 Å². The molecule has 2 aliphatic heterocycles. The number of hydrogen-bond donors (Lipinski definition) is 1. The van der Waals surface area contributed by atoms with Gasteiger partial charge in [0.1, 0.15) is 0 Å². The fourth-order valence-corrected chi connectivity index (χ4v) is 2.98. The van der Waals surface area contributed by atoms with Crippen molar-refractivity contribution in [3.05, 3.63) is 33.9 Å². The number of aryl methyl sites for hydroxylation is 1. The lowest BCUT2D eigenvalue weighted by Gasteiger charge is -2.32. The Morgan fingerprint density at radius 3 is 2.86 bits per heavy atom. The molecule has 22 heavy (non-hydrogen) atoms. The van der Waals surface area contributed by atoms with E-state index in [0.29, 0.717) is 25.4 Å². The third-order valence-corrected chi connectivity index (χ3v) is 4.19. The van der Waals surface area contributed by atoms with Crippen LogP contribution in [0.15, 0.2) is 18.2 Å². The van der Waals surface area contributed by atoms with Gasteiger partial charge in [-0.25, -0.2) is 4.79 Å². The molecule has 7 nitrogen and oxygen atoms in total. The molecule has 1 aromatic rings. The van der Waals surface area contributed by atoms with Crippen LogP contribution in [0.5, 0.6) is 0 Å². The molecule has 1 aromatic carbocycles. The van der Waals surface area contributed by atoms with Crippen molar-refractivity contribution in [2.75, 3.05) is 24.7 Å². The Hall–Kier alpha value is -2.15. The molecule has 0 aromatic heterocycles. The van der Waals surface area contributed by atoms with Crippen molar-refractivity contribution in [3.8, 4) is 0 Å². The molecule has 1 N–H and O–H groups in total. The number of ether oxygens (including phenoxy) is 1. The fraction of sp³-hybridized carbons (Fsp3) is 0.533. The highest BCUT2D eigenvalue weighted by Gasteiger charge is 2.26. The molecular weight excluding hydrogens is 286 g/mol. The largest absolute Gasteiger partial charge is 0.381 e. The van der Waals surface area contributed by atoms with Gasteiger partial charge in [-0.1, -0.05) is 6.07 Å². The van der Waals surface area contributed by atoms with Crippen molar-refractivity contribution in [2.24, 2.45) is 0 Å². The minimum absolute atomic E-state index is 0.0181. The summed E-state index contributed by atoms with van der Waals surface area (Å²) >= 11 is 0. The van der Waals surface area contributed by atoms with Crippen LogP contribution in [0.3, 0.4) is 0 Å². The second-order valence-electron chi connectivity index (χ2n) is 5.66. The van der Waals surface area contributed by atoms with Gasteiger partial charge in [0.2, 0.25) is 0 Å². The number of nitro benzene ring substituents is 1. The molecule has 2 aliphatic rings. The number of nitrogens with one attached hydrogen (secondary N) is 1. The molecule has 0 atom stereocenters. The van der Waals surface area contributed by atoms with Crippen LogP contribution in [0.1, 0.15) is 24.8 Å². The van der Waals surface area contributed by atoms with Crippen LogP contribution in [-0.4, -0.2) is 36.8 Å². The van der Waals surface area contributed by atoms with Crippen LogP contribution in [0.2, 0.25) is 0 Å². The Kier molecular flexibility index (Phi) is 4.24. The second kappa shape index (κ2) is 6.31. The standard InChI is InChI=1S/C15H19N3O4/c19-15(16-12-5-8-22-9-6-12)17-7-1-2-11-3-4-13(18(20)21)10-14(11)17/h3-4,10,12H,1-2,5-9H2,(H,16,19). The van der Waals surface area contributed by atoms with Crippen molar-refractivity contribution >= 4 is 17.4 Å². The quantitative estimate of drug-likeness (QED) is 0.670. The second-order valence-corrected chi connectivity index (χ2v) is 5.66. The molecule has 1 fully saturated rings. The lowest BCUT2D eigenvalue weighted by Crippen LogP contribution is -2.48. The minimum Gasteiger partial charge on any atom is -0.381 e. The van der Waals surface area contributed by atoms with Crippen molar-refractivity contribution < 1.29 is 14.5 Å². The summed E-state index contributed by atoms with van der Waals surface area (Å²) < 4.78 is 5.29. The third kappa shape index (κ3) is 3.04. The Labute approximate surface area is 128 Å². The highest BCUT2D eigenvalue weighted by molar-refractivity contribution is 5.93. The number of anilines is 1. The maximum atomic E-state index is 12.5. The van der Waals surface area contributed by atoms with E-state index in [1.807, 2.05) is 0 Å². The predicted octanol–water partition coefficient (Wildman–Crippen LogP) is 2.24. The van der Waals surface area contributed by atoms with Crippen LogP contribution >= 0.6 is 0 Å². The molecule has 0 unspecified atom stereocenters. The van der Waals surface area contributed by atoms with Gasteiger partial charge in [-0.05, 0) is 31.2 Å². The number of fused-ring (bicyclic) bond motifs is 1. The number of nitrogens with zero attached hydrogens (tertiary/aromatic N) is 2. The van der Waals surface area contributed by atoms with Crippen LogP contribution in [0.4, 0.5) is 16.2 Å². The van der Waals surface area contributed by atoms with E-state index in [1.54, 1.807) is 11.0 Å². The number of benzene rings is 1. The summed E-state index contributed by atoms with van der Waals surface area (Å²) in [5.41, 5.74) is 1.66. The Morgan fingerprint density at radius 2 is 2.14 bits per heavy atom. The maximum Gasteiger partial charge on any atom is 0.322 e. The molecular formula is C15H19N3O4. The highest BCUT2D eigenvalue weighted by Crippen LogP contribution is 2.31. The van der Waals surface area contributed by atoms with E-state index in [9.17, 15) is 14.9 Å². The van der Waals surface area contributed by atoms with Gasteiger partial charge >= 0.3 is 6.03 Å². The Bertz CT molecular complexity index is 584. The fourth-order valence-electron chi connectivity index (χ4n) is 2.98. The van der Waals surface area contributed by atoms with Crippen molar-refractivity contribution in [1.82, 2.24) is 5.32 Å². The summed E-state index contributed by atoms with van der Waals surface area (Å²) in [4.78, 5) is 24.7. The van der Waals surface area contributed by atoms with Gasteiger partial charge in [-0.15, -0.1) is 0 Å². The van der Waals surface area contributed by atoms with Gasteiger partial charge in [0.25, 0.3) is 5.69 Å². The number of amides is 2. The van der Waals surface area contributed by atoms with Crippen LogP contribution < -0.4 is 10.2 Å². The molecule has 0 bridgehead atoms. The first-order valence-electron chi connectivity index (χ1n) is 7.58. The van der Waals surface area contributed by atoms with Crippen molar-refractivity contribution in [2.45, 2.75) is 31.7 Å². The number of carbonyl (C=O) groups is 1. The molecule has 118 valence electrons. The third-order valence-electron chi connectivity index (χ3n) is 4.19. The average molecular weight is 305 g/mol. The van der Waals surface area contributed by atoms with E-state index in [0.717, 1.165) is 31.2 Å². The molecule has 0 saturated carbocycles. The monoisotopic (exact) mass is 305 g/mol. The predicted molar refractivity (Wildman–Crippen MR) is 81.1 cm³/mol. The van der Waals surface area contributed by atoms with Gasteiger partial charge in [0.15, 0.2) is 0 Å².